The molecule has 3 rings (SSSR count). The van der Waals surface area contributed by atoms with Gasteiger partial charge in [0.1, 0.15) is 0 Å². The molecule has 0 aliphatic carbocycles. The molecule has 1 aromatic heterocycles. The highest BCUT2D eigenvalue weighted by molar-refractivity contribution is 5.85. The summed E-state index contributed by atoms with van der Waals surface area (Å²) in [5, 5.41) is 6.89. The maximum Gasteiger partial charge on any atom is 0.201 e. The number of hydrogen-bond acceptors (Lipinski definition) is 3. The molecule has 1 fully saturated rings. The van der Waals surface area contributed by atoms with Gasteiger partial charge in [0.25, 0.3) is 0 Å². The number of rotatable bonds is 3. The van der Waals surface area contributed by atoms with Crippen LogP contribution in [-0.4, -0.2) is 29.1 Å². The van der Waals surface area contributed by atoms with Crippen LogP contribution < -0.4 is 10.6 Å². The lowest BCUT2D eigenvalue weighted by atomic mass is 10.1. The van der Waals surface area contributed by atoms with E-state index in [0.717, 1.165) is 30.1 Å². The van der Waals surface area contributed by atoms with E-state index in [9.17, 15) is 0 Å². The predicted octanol–water partition coefficient (Wildman–Crippen LogP) is 2.96. The summed E-state index contributed by atoms with van der Waals surface area (Å²) in [4.78, 5) is 7.79. The van der Waals surface area contributed by atoms with Gasteiger partial charge in [0.15, 0.2) is 0 Å². The Morgan fingerprint density at radius 3 is 2.79 bits per heavy atom. The molecule has 4 nitrogen and oxygen atoms in total. The van der Waals surface area contributed by atoms with Crippen molar-refractivity contribution in [2.75, 3.05) is 18.4 Å². The van der Waals surface area contributed by atoms with Crippen LogP contribution in [-0.2, 0) is 0 Å². The Morgan fingerprint density at radius 2 is 2.05 bits per heavy atom. The number of hydrogen-bond donors (Lipinski definition) is 3. The van der Waals surface area contributed by atoms with E-state index in [0.29, 0.717) is 6.04 Å². The first-order chi connectivity index (χ1) is 8.42. The average molecular weight is 303 g/mol. The van der Waals surface area contributed by atoms with Gasteiger partial charge in [-0.3, -0.25) is 0 Å². The second kappa shape index (κ2) is 7.58. The first-order valence-corrected chi connectivity index (χ1v) is 6.34. The Kier molecular flexibility index (Phi) is 6.42. The molecule has 0 amide bonds. The van der Waals surface area contributed by atoms with Crippen molar-refractivity contribution in [3.05, 3.63) is 24.3 Å². The van der Waals surface area contributed by atoms with Crippen LogP contribution in [0.25, 0.3) is 11.0 Å². The molecule has 2 aromatic rings. The van der Waals surface area contributed by atoms with Crippen LogP contribution in [0, 0.1) is 0 Å². The van der Waals surface area contributed by atoms with Crippen molar-refractivity contribution in [3.8, 4) is 0 Å². The largest absolute Gasteiger partial charge is 0.354 e. The third-order valence-electron chi connectivity index (χ3n) is 3.32. The molecule has 1 aromatic carbocycles. The molecule has 3 N–H and O–H groups in total. The van der Waals surface area contributed by atoms with Gasteiger partial charge in [-0.05, 0) is 31.5 Å². The minimum absolute atomic E-state index is 0. The molecule has 1 atom stereocenters. The van der Waals surface area contributed by atoms with Gasteiger partial charge in [0.2, 0.25) is 5.95 Å². The number of para-hydroxylation sites is 2. The van der Waals surface area contributed by atoms with Gasteiger partial charge >= 0.3 is 0 Å². The standard InChI is InChI=1S/C13H18N4.2ClH/c1-2-7-12-11(6-1)16-13(17-12)15-9-10-5-3-4-8-14-10;;/h1-2,6-7,10,14H,3-5,8-9H2,(H2,15,16,17);2*1H. The fourth-order valence-corrected chi connectivity index (χ4v) is 2.35. The molecule has 1 unspecified atom stereocenters. The number of imidazole rings is 1. The van der Waals surface area contributed by atoms with Crippen molar-refractivity contribution < 1.29 is 0 Å². The molecule has 1 aliphatic rings. The first-order valence-electron chi connectivity index (χ1n) is 6.34. The maximum atomic E-state index is 4.50. The van der Waals surface area contributed by atoms with Crippen LogP contribution >= 0.6 is 24.8 Å². The Bertz CT molecular complexity index is 461. The molecule has 0 spiro atoms. The van der Waals surface area contributed by atoms with E-state index in [4.69, 9.17) is 0 Å². The zero-order chi connectivity index (χ0) is 11.5. The van der Waals surface area contributed by atoms with Crippen LogP contribution in [0.4, 0.5) is 5.95 Å². The summed E-state index contributed by atoms with van der Waals surface area (Å²) in [6, 6.07) is 8.68. The lowest BCUT2D eigenvalue weighted by Gasteiger charge is -2.23. The molecule has 2 heterocycles. The number of fused-ring (bicyclic) bond motifs is 1. The summed E-state index contributed by atoms with van der Waals surface area (Å²) in [7, 11) is 0. The normalized spacial score (nSPS) is 18.4. The van der Waals surface area contributed by atoms with Gasteiger partial charge in [-0.1, -0.05) is 18.6 Å². The van der Waals surface area contributed by atoms with Crippen molar-refractivity contribution in [3.63, 3.8) is 0 Å². The van der Waals surface area contributed by atoms with E-state index in [1.165, 1.54) is 19.3 Å². The van der Waals surface area contributed by atoms with Crippen molar-refractivity contribution in [1.29, 1.82) is 0 Å². The fourth-order valence-electron chi connectivity index (χ4n) is 2.35. The number of piperidine rings is 1. The summed E-state index contributed by atoms with van der Waals surface area (Å²) in [5.41, 5.74) is 2.11. The number of aromatic nitrogens is 2. The van der Waals surface area contributed by atoms with E-state index >= 15 is 0 Å². The second-order valence-electron chi connectivity index (χ2n) is 4.63. The van der Waals surface area contributed by atoms with Gasteiger partial charge in [0, 0.05) is 12.6 Å². The van der Waals surface area contributed by atoms with E-state index in [1.54, 1.807) is 0 Å². The topological polar surface area (TPSA) is 52.7 Å². The minimum Gasteiger partial charge on any atom is -0.354 e. The van der Waals surface area contributed by atoms with Crippen LogP contribution in [0.1, 0.15) is 19.3 Å². The monoisotopic (exact) mass is 302 g/mol. The van der Waals surface area contributed by atoms with Crippen LogP contribution in [0.2, 0.25) is 0 Å². The van der Waals surface area contributed by atoms with Crippen LogP contribution in [0.5, 0.6) is 0 Å². The third-order valence-corrected chi connectivity index (χ3v) is 3.32. The van der Waals surface area contributed by atoms with E-state index < -0.39 is 0 Å². The molecular formula is C13H20Cl2N4. The molecule has 106 valence electrons. The Labute approximate surface area is 125 Å². The SMILES string of the molecule is Cl.Cl.c1ccc2[nH]c(NCC3CCCCN3)nc2c1. The molecule has 1 saturated heterocycles. The Hall–Kier alpha value is -0.970. The number of H-pyrrole nitrogens is 1. The molecule has 0 bridgehead atoms. The smallest absolute Gasteiger partial charge is 0.201 e. The van der Waals surface area contributed by atoms with E-state index in [-0.39, 0.29) is 24.8 Å². The molecule has 19 heavy (non-hydrogen) atoms. The summed E-state index contributed by atoms with van der Waals surface area (Å²) in [5.74, 6) is 0.874. The quantitative estimate of drug-likeness (QED) is 0.817. The van der Waals surface area contributed by atoms with Gasteiger partial charge in [0.05, 0.1) is 11.0 Å². The summed E-state index contributed by atoms with van der Waals surface area (Å²) < 4.78 is 0. The van der Waals surface area contributed by atoms with E-state index in [1.807, 2.05) is 24.3 Å². The molecule has 0 saturated carbocycles. The predicted molar refractivity (Wildman–Crippen MR) is 84.7 cm³/mol. The van der Waals surface area contributed by atoms with Gasteiger partial charge in [-0.2, -0.15) is 0 Å². The van der Waals surface area contributed by atoms with Gasteiger partial charge < -0.3 is 15.6 Å². The lowest BCUT2D eigenvalue weighted by Crippen LogP contribution is -2.39. The number of nitrogens with one attached hydrogen (secondary N) is 3. The third kappa shape index (κ3) is 4.00. The molecular weight excluding hydrogens is 283 g/mol. The number of halogens is 2. The van der Waals surface area contributed by atoms with Crippen LogP contribution in [0.3, 0.4) is 0 Å². The highest BCUT2D eigenvalue weighted by Crippen LogP contribution is 2.14. The van der Waals surface area contributed by atoms with Crippen molar-refractivity contribution in [1.82, 2.24) is 15.3 Å². The second-order valence-corrected chi connectivity index (χ2v) is 4.63. The van der Waals surface area contributed by atoms with Gasteiger partial charge in [-0.25, -0.2) is 4.98 Å². The molecule has 1 aliphatic heterocycles. The average Bonchev–Trinajstić information content (AvgIpc) is 2.80. The maximum absolute atomic E-state index is 4.50. The number of anilines is 1. The van der Waals surface area contributed by atoms with E-state index in [2.05, 4.69) is 20.6 Å². The Morgan fingerprint density at radius 1 is 1.21 bits per heavy atom. The lowest BCUT2D eigenvalue weighted by molar-refractivity contribution is 0.414. The fraction of sp³-hybridized carbons (Fsp3) is 0.462. The van der Waals surface area contributed by atoms with Crippen molar-refractivity contribution in [2.24, 2.45) is 0 Å². The summed E-state index contributed by atoms with van der Waals surface area (Å²) in [6.07, 6.45) is 3.90. The Balaban J connectivity index is 0.000000902. The number of aromatic amines is 1. The zero-order valence-corrected chi connectivity index (χ0v) is 12.3. The molecule has 0 radical (unpaired) electrons. The molecule has 6 heteroatoms. The summed E-state index contributed by atoms with van der Waals surface area (Å²) >= 11 is 0. The number of nitrogens with zero attached hydrogens (tertiary/aromatic N) is 1. The number of benzene rings is 1. The highest BCUT2D eigenvalue weighted by atomic mass is 35.5. The summed E-state index contributed by atoms with van der Waals surface area (Å²) in [6.45, 7) is 2.09. The van der Waals surface area contributed by atoms with Crippen molar-refractivity contribution in [2.45, 2.75) is 25.3 Å². The van der Waals surface area contributed by atoms with Gasteiger partial charge in [-0.15, -0.1) is 24.8 Å². The highest BCUT2D eigenvalue weighted by Gasteiger charge is 2.12. The first kappa shape index (κ1) is 16.1. The van der Waals surface area contributed by atoms with Crippen molar-refractivity contribution >= 4 is 41.8 Å². The zero-order valence-electron chi connectivity index (χ0n) is 10.7. The minimum atomic E-state index is 0. The van der Waals surface area contributed by atoms with Crippen LogP contribution in [0.15, 0.2) is 24.3 Å².